The van der Waals surface area contributed by atoms with Crippen molar-refractivity contribution in [1.29, 1.82) is 0 Å². The van der Waals surface area contributed by atoms with Gasteiger partial charge in [-0.1, -0.05) is 0 Å². The molecule has 0 radical (unpaired) electrons. The number of non-ortho nitro benzene ring substituents is 1. The van der Waals surface area contributed by atoms with Crippen LogP contribution in [0.1, 0.15) is 19.4 Å². The fourth-order valence-corrected chi connectivity index (χ4v) is 1.62. The molecule has 0 spiro atoms. The summed E-state index contributed by atoms with van der Waals surface area (Å²) >= 11 is 0. The number of anilines is 1. The predicted molar refractivity (Wildman–Crippen MR) is 61.9 cm³/mol. The van der Waals surface area contributed by atoms with E-state index in [0.717, 1.165) is 13.8 Å². The summed E-state index contributed by atoms with van der Waals surface area (Å²) in [7, 11) is 0. The zero-order chi connectivity index (χ0) is 15.7. The number of hydrogen-bond acceptors (Lipinski definition) is 4. The highest BCUT2D eigenvalue weighted by Crippen LogP contribution is 2.38. The van der Waals surface area contributed by atoms with E-state index in [1.54, 1.807) is 0 Å². The fraction of sp³-hybridized carbons (Fsp3) is 0.273. The van der Waals surface area contributed by atoms with Crippen LogP contribution in [0.4, 0.5) is 24.5 Å². The third-order valence-corrected chi connectivity index (χ3v) is 2.37. The molecule has 0 fully saturated rings. The molecular formula is C11H9F3N2O4. The first kappa shape index (κ1) is 15.6. The van der Waals surface area contributed by atoms with Crippen LogP contribution in [0.3, 0.4) is 0 Å². The second-order valence-electron chi connectivity index (χ2n) is 3.83. The number of carbonyl (C=O) groups excluding carboxylic acids is 2. The van der Waals surface area contributed by atoms with Crippen molar-refractivity contribution < 1.29 is 27.7 Å². The summed E-state index contributed by atoms with van der Waals surface area (Å²) in [6.45, 7) is 1.78. The molecule has 9 heteroatoms. The van der Waals surface area contributed by atoms with Crippen molar-refractivity contribution in [3.05, 3.63) is 33.9 Å². The second kappa shape index (κ2) is 5.27. The van der Waals surface area contributed by atoms with Gasteiger partial charge < -0.3 is 0 Å². The lowest BCUT2D eigenvalue weighted by atomic mass is 10.1. The molecule has 6 nitrogen and oxygen atoms in total. The average molecular weight is 290 g/mol. The van der Waals surface area contributed by atoms with Crippen molar-refractivity contribution in [3.8, 4) is 0 Å². The van der Waals surface area contributed by atoms with E-state index in [9.17, 15) is 32.9 Å². The van der Waals surface area contributed by atoms with E-state index in [4.69, 9.17) is 0 Å². The minimum atomic E-state index is -4.85. The van der Waals surface area contributed by atoms with Gasteiger partial charge in [-0.25, -0.2) is 0 Å². The first-order chi connectivity index (χ1) is 9.05. The number of nitro groups is 1. The van der Waals surface area contributed by atoms with Gasteiger partial charge >= 0.3 is 6.18 Å². The highest BCUT2D eigenvalue weighted by atomic mass is 19.4. The third-order valence-electron chi connectivity index (χ3n) is 2.37. The number of nitrogens with zero attached hydrogens (tertiary/aromatic N) is 2. The summed E-state index contributed by atoms with van der Waals surface area (Å²) in [5, 5.41) is 10.6. The largest absolute Gasteiger partial charge is 0.418 e. The molecule has 20 heavy (non-hydrogen) atoms. The molecule has 108 valence electrons. The smallest absolute Gasteiger partial charge is 0.274 e. The number of hydrogen-bond donors (Lipinski definition) is 0. The SMILES string of the molecule is CC(=O)N(C(C)=O)c1cc([N+](=O)[O-])ccc1C(F)(F)F. The lowest BCUT2D eigenvalue weighted by Crippen LogP contribution is -2.34. The van der Waals surface area contributed by atoms with Gasteiger partial charge in [0.25, 0.3) is 5.69 Å². The van der Waals surface area contributed by atoms with Gasteiger partial charge in [0, 0.05) is 26.0 Å². The number of alkyl halides is 3. The summed E-state index contributed by atoms with van der Waals surface area (Å²) in [5.74, 6) is -1.94. The summed E-state index contributed by atoms with van der Waals surface area (Å²) in [6, 6.07) is 1.67. The van der Waals surface area contributed by atoms with Crippen molar-refractivity contribution in [2.45, 2.75) is 20.0 Å². The number of rotatable bonds is 2. The van der Waals surface area contributed by atoms with Gasteiger partial charge in [0.15, 0.2) is 0 Å². The van der Waals surface area contributed by atoms with Gasteiger partial charge in [-0.05, 0) is 6.07 Å². The Kier molecular flexibility index (Phi) is 4.11. The summed E-state index contributed by atoms with van der Waals surface area (Å²) < 4.78 is 38.5. The van der Waals surface area contributed by atoms with Crippen LogP contribution in [0, 0.1) is 10.1 Å². The Morgan fingerprint density at radius 1 is 1.20 bits per heavy atom. The second-order valence-corrected chi connectivity index (χ2v) is 3.83. The third kappa shape index (κ3) is 3.11. The molecule has 0 aliphatic heterocycles. The molecule has 1 aromatic rings. The van der Waals surface area contributed by atoms with Crippen LogP contribution in [-0.4, -0.2) is 16.7 Å². The summed E-state index contributed by atoms with van der Waals surface area (Å²) in [4.78, 5) is 32.6. The number of carbonyl (C=O) groups is 2. The zero-order valence-corrected chi connectivity index (χ0v) is 10.4. The highest BCUT2D eigenvalue weighted by molar-refractivity contribution is 6.13. The van der Waals surface area contributed by atoms with Crippen LogP contribution >= 0.6 is 0 Å². The topological polar surface area (TPSA) is 80.5 Å². The van der Waals surface area contributed by atoms with Crippen LogP contribution in [0.15, 0.2) is 18.2 Å². The lowest BCUT2D eigenvalue weighted by molar-refractivity contribution is -0.384. The van der Waals surface area contributed by atoms with Gasteiger partial charge in [-0.15, -0.1) is 0 Å². The Balaban J connectivity index is 3.61. The van der Waals surface area contributed by atoms with Crippen molar-refractivity contribution in [2.75, 3.05) is 4.90 Å². The van der Waals surface area contributed by atoms with E-state index in [1.165, 1.54) is 0 Å². The van der Waals surface area contributed by atoms with E-state index in [2.05, 4.69) is 0 Å². The van der Waals surface area contributed by atoms with Crippen molar-refractivity contribution in [3.63, 3.8) is 0 Å². The van der Waals surface area contributed by atoms with Gasteiger partial charge in [0.1, 0.15) is 0 Å². The molecule has 0 bridgehead atoms. The normalized spacial score (nSPS) is 11.1. The van der Waals surface area contributed by atoms with Crippen LogP contribution in [0.25, 0.3) is 0 Å². The average Bonchev–Trinajstić information content (AvgIpc) is 2.26. The zero-order valence-electron chi connectivity index (χ0n) is 10.4. The van der Waals surface area contributed by atoms with Gasteiger partial charge in [-0.3, -0.25) is 24.6 Å². The Morgan fingerprint density at radius 3 is 2.05 bits per heavy atom. The highest BCUT2D eigenvalue weighted by Gasteiger charge is 2.37. The molecule has 1 rings (SSSR count). The van der Waals surface area contributed by atoms with Crippen molar-refractivity contribution >= 4 is 23.2 Å². The molecule has 0 aliphatic rings. The maximum absolute atomic E-state index is 12.8. The van der Waals surface area contributed by atoms with E-state index in [1.807, 2.05) is 0 Å². The van der Waals surface area contributed by atoms with Crippen molar-refractivity contribution in [2.24, 2.45) is 0 Å². The molecule has 0 saturated carbocycles. The molecule has 0 aliphatic carbocycles. The van der Waals surface area contributed by atoms with Gasteiger partial charge in [-0.2, -0.15) is 13.2 Å². The van der Waals surface area contributed by atoms with Crippen LogP contribution in [0.2, 0.25) is 0 Å². The maximum atomic E-state index is 12.8. The molecule has 2 amide bonds. The van der Waals surface area contributed by atoms with E-state index < -0.39 is 39.9 Å². The van der Waals surface area contributed by atoms with Crippen LogP contribution < -0.4 is 4.90 Å². The molecule has 0 saturated heterocycles. The van der Waals surface area contributed by atoms with Crippen LogP contribution in [-0.2, 0) is 15.8 Å². The minimum Gasteiger partial charge on any atom is -0.274 e. The minimum absolute atomic E-state index is 0.246. The molecule has 0 N–H and O–H groups in total. The Morgan fingerprint density at radius 2 is 1.70 bits per heavy atom. The van der Waals surface area contributed by atoms with E-state index in [-0.39, 0.29) is 4.90 Å². The molecule has 0 aromatic heterocycles. The fourth-order valence-electron chi connectivity index (χ4n) is 1.62. The van der Waals surface area contributed by atoms with Gasteiger partial charge in [0.2, 0.25) is 11.8 Å². The number of halogens is 3. The first-order valence-corrected chi connectivity index (χ1v) is 5.22. The van der Waals surface area contributed by atoms with Gasteiger partial charge in [0.05, 0.1) is 16.2 Å². The molecule has 0 atom stereocenters. The first-order valence-electron chi connectivity index (χ1n) is 5.22. The Hall–Kier alpha value is -2.45. The quantitative estimate of drug-likeness (QED) is 0.619. The molecule has 1 aromatic carbocycles. The number of nitro benzene ring substituents is 1. The predicted octanol–water partition coefficient (Wildman–Crippen LogP) is 2.51. The Bertz CT molecular complexity index is 570. The van der Waals surface area contributed by atoms with Crippen LogP contribution in [0.5, 0.6) is 0 Å². The lowest BCUT2D eigenvalue weighted by Gasteiger charge is -2.21. The summed E-state index contributed by atoms with van der Waals surface area (Å²) in [6.07, 6.45) is -4.85. The monoisotopic (exact) mass is 290 g/mol. The summed E-state index contributed by atoms with van der Waals surface area (Å²) in [5.41, 5.74) is -2.80. The molecule has 0 unspecified atom stereocenters. The number of imide groups is 1. The van der Waals surface area contributed by atoms with Crippen molar-refractivity contribution in [1.82, 2.24) is 0 Å². The van der Waals surface area contributed by atoms with E-state index >= 15 is 0 Å². The molecular weight excluding hydrogens is 281 g/mol. The standard InChI is InChI=1S/C11H9F3N2O4/c1-6(17)15(7(2)18)10-5-8(16(19)20)3-4-9(10)11(12,13)14/h3-5H,1-2H3. The van der Waals surface area contributed by atoms with E-state index in [0.29, 0.717) is 18.2 Å². The molecule has 0 heterocycles. The number of benzene rings is 1. The number of amides is 2. The maximum Gasteiger partial charge on any atom is 0.418 e. The Labute approximate surface area is 110 Å².